The van der Waals surface area contributed by atoms with Gasteiger partial charge in [-0.2, -0.15) is 0 Å². The van der Waals surface area contributed by atoms with Crippen molar-refractivity contribution in [2.45, 2.75) is 40.0 Å². The molecular formula is C15H24N2O. The molecule has 0 spiro atoms. The van der Waals surface area contributed by atoms with Crippen LogP contribution in [0.25, 0.3) is 0 Å². The zero-order chi connectivity index (χ0) is 13.4. The average Bonchev–Trinajstić information content (AvgIpc) is 2.35. The first-order valence-corrected chi connectivity index (χ1v) is 6.72. The summed E-state index contributed by atoms with van der Waals surface area (Å²) in [4.78, 5) is 11.7. The summed E-state index contributed by atoms with van der Waals surface area (Å²) in [5.41, 5.74) is 3.25. The molecule has 2 N–H and O–H groups in total. The van der Waals surface area contributed by atoms with Gasteiger partial charge in [-0.05, 0) is 44.0 Å². The lowest BCUT2D eigenvalue weighted by molar-refractivity contribution is -0.115. The predicted octanol–water partition coefficient (Wildman–Crippen LogP) is 3.02. The largest absolute Gasteiger partial charge is 0.325 e. The summed E-state index contributed by atoms with van der Waals surface area (Å²) in [5, 5.41) is 6.10. The molecule has 0 bridgehead atoms. The first-order valence-electron chi connectivity index (χ1n) is 6.72. The fourth-order valence-electron chi connectivity index (χ4n) is 1.78. The number of hydrogen-bond donors (Lipinski definition) is 2. The van der Waals surface area contributed by atoms with E-state index in [0.717, 1.165) is 24.2 Å². The SMILES string of the molecule is CCCCCNCC(=O)Nc1cccc(C)c1C. The molecule has 0 radical (unpaired) electrons. The van der Waals surface area contributed by atoms with E-state index in [9.17, 15) is 4.79 Å². The topological polar surface area (TPSA) is 41.1 Å². The monoisotopic (exact) mass is 248 g/mol. The molecule has 100 valence electrons. The van der Waals surface area contributed by atoms with Crippen molar-refractivity contribution in [3.8, 4) is 0 Å². The van der Waals surface area contributed by atoms with Crippen molar-refractivity contribution in [1.29, 1.82) is 0 Å². The molecule has 0 aliphatic rings. The molecule has 1 rings (SSSR count). The van der Waals surface area contributed by atoms with E-state index in [2.05, 4.69) is 17.6 Å². The fourth-order valence-corrected chi connectivity index (χ4v) is 1.78. The van der Waals surface area contributed by atoms with Gasteiger partial charge in [0.2, 0.25) is 5.91 Å². The van der Waals surface area contributed by atoms with Crippen LogP contribution in [0.5, 0.6) is 0 Å². The van der Waals surface area contributed by atoms with Gasteiger partial charge in [0.1, 0.15) is 0 Å². The molecule has 0 saturated carbocycles. The third kappa shape index (κ3) is 4.88. The Labute approximate surface area is 110 Å². The van der Waals surface area contributed by atoms with Gasteiger partial charge in [0, 0.05) is 5.69 Å². The van der Waals surface area contributed by atoms with Crippen LogP contribution in [-0.2, 0) is 4.79 Å². The van der Waals surface area contributed by atoms with Crippen LogP contribution in [0, 0.1) is 13.8 Å². The van der Waals surface area contributed by atoms with E-state index in [1.165, 1.54) is 18.4 Å². The normalized spacial score (nSPS) is 10.4. The highest BCUT2D eigenvalue weighted by Crippen LogP contribution is 2.17. The Morgan fingerprint density at radius 3 is 2.72 bits per heavy atom. The molecule has 0 unspecified atom stereocenters. The van der Waals surface area contributed by atoms with Crippen LogP contribution in [0.2, 0.25) is 0 Å². The molecule has 1 aromatic carbocycles. The Balaban J connectivity index is 2.34. The number of rotatable bonds is 7. The smallest absolute Gasteiger partial charge is 0.238 e. The summed E-state index contributed by atoms with van der Waals surface area (Å²) in [6, 6.07) is 5.96. The van der Waals surface area contributed by atoms with E-state index < -0.39 is 0 Å². The number of hydrogen-bond acceptors (Lipinski definition) is 2. The third-order valence-electron chi connectivity index (χ3n) is 3.12. The standard InChI is InChI=1S/C15H24N2O/c1-4-5-6-10-16-11-15(18)17-14-9-7-8-12(2)13(14)3/h7-9,16H,4-6,10-11H2,1-3H3,(H,17,18). The van der Waals surface area contributed by atoms with Gasteiger partial charge in [-0.25, -0.2) is 0 Å². The highest BCUT2D eigenvalue weighted by Gasteiger charge is 2.05. The Hall–Kier alpha value is -1.35. The lowest BCUT2D eigenvalue weighted by Gasteiger charge is -2.10. The van der Waals surface area contributed by atoms with Gasteiger partial charge in [-0.15, -0.1) is 0 Å². The predicted molar refractivity (Wildman–Crippen MR) is 76.9 cm³/mol. The molecule has 3 nitrogen and oxygen atoms in total. The van der Waals surface area contributed by atoms with E-state index in [0.29, 0.717) is 6.54 Å². The molecule has 3 heteroatoms. The summed E-state index contributed by atoms with van der Waals surface area (Å²) >= 11 is 0. The van der Waals surface area contributed by atoms with Crippen molar-refractivity contribution in [1.82, 2.24) is 5.32 Å². The van der Waals surface area contributed by atoms with E-state index in [1.54, 1.807) is 0 Å². The molecule has 1 amide bonds. The number of amides is 1. The second kappa shape index (κ2) is 7.88. The molecule has 18 heavy (non-hydrogen) atoms. The van der Waals surface area contributed by atoms with Gasteiger partial charge in [0.05, 0.1) is 6.54 Å². The summed E-state index contributed by atoms with van der Waals surface area (Å²) in [6.07, 6.45) is 3.55. The highest BCUT2D eigenvalue weighted by molar-refractivity contribution is 5.93. The maximum absolute atomic E-state index is 11.7. The first kappa shape index (κ1) is 14.7. The molecule has 0 fully saturated rings. The van der Waals surface area contributed by atoms with Crippen molar-refractivity contribution in [3.63, 3.8) is 0 Å². The van der Waals surface area contributed by atoms with Gasteiger partial charge >= 0.3 is 0 Å². The molecule has 1 aromatic rings. The second-order valence-corrected chi connectivity index (χ2v) is 4.68. The highest BCUT2D eigenvalue weighted by atomic mass is 16.1. The molecule has 0 aliphatic carbocycles. The second-order valence-electron chi connectivity index (χ2n) is 4.68. The minimum atomic E-state index is 0.0280. The van der Waals surface area contributed by atoms with Crippen LogP contribution >= 0.6 is 0 Å². The molecule has 0 aliphatic heterocycles. The Morgan fingerprint density at radius 2 is 2.00 bits per heavy atom. The van der Waals surface area contributed by atoms with Crippen molar-refractivity contribution in [2.24, 2.45) is 0 Å². The number of unbranched alkanes of at least 4 members (excludes halogenated alkanes) is 2. The van der Waals surface area contributed by atoms with Crippen LogP contribution in [-0.4, -0.2) is 19.0 Å². The van der Waals surface area contributed by atoms with Crippen LogP contribution < -0.4 is 10.6 Å². The molecule has 0 aromatic heterocycles. The van der Waals surface area contributed by atoms with E-state index >= 15 is 0 Å². The Kier molecular flexibility index (Phi) is 6.44. The van der Waals surface area contributed by atoms with Gasteiger partial charge in [0.15, 0.2) is 0 Å². The van der Waals surface area contributed by atoms with Crippen LogP contribution in [0.15, 0.2) is 18.2 Å². The molecule has 0 saturated heterocycles. The average molecular weight is 248 g/mol. The van der Waals surface area contributed by atoms with Gasteiger partial charge in [-0.1, -0.05) is 31.9 Å². The summed E-state index contributed by atoms with van der Waals surface area (Å²) in [5.74, 6) is 0.0280. The maximum atomic E-state index is 11.7. The lowest BCUT2D eigenvalue weighted by atomic mass is 10.1. The van der Waals surface area contributed by atoms with Crippen molar-refractivity contribution < 1.29 is 4.79 Å². The van der Waals surface area contributed by atoms with Crippen molar-refractivity contribution >= 4 is 11.6 Å². The fraction of sp³-hybridized carbons (Fsp3) is 0.533. The number of carbonyl (C=O) groups is 1. The Bertz CT molecular complexity index is 388. The van der Waals surface area contributed by atoms with E-state index in [-0.39, 0.29) is 5.91 Å². The molecular weight excluding hydrogens is 224 g/mol. The van der Waals surface area contributed by atoms with Gasteiger partial charge in [0.25, 0.3) is 0 Å². The first-order chi connectivity index (χ1) is 8.65. The number of carbonyl (C=O) groups excluding carboxylic acids is 1. The number of anilines is 1. The van der Waals surface area contributed by atoms with E-state index in [4.69, 9.17) is 0 Å². The molecule has 0 heterocycles. The van der Waals surface area contributed by atoms with Crippen molar-refractivity contribution in [2.75, 3.05) is 18.4 Å². The van der Waals surface area contributed by atoms with Gasteiger partial charge < -0.3 is 10.6 Å². The summed E-state index contributed by atoms with van der Waals surface area (Å²) in [7, 11) is 0. The quantitative estimate of drug-likeness (QED) is 0.728. The zero-order valence-electron chi connectivity index (χ0n) is 11.7. The van der Waals surface area contributed by atoms with Gasteiger partial charge in [-0.3, -0.25) is 4.79 Å². The Morgan fingerprint density at radius 1 is 1.22 bits per heavy atom. The third-order valence-corrected chi connectivity index (χ3v) is 3.12. The zero-order valence-corrected chi connectivity index (χ0v) is 11.7. The van der Waals surface area contributed by atoms with Crippen molar-refractivity contribution in [3.05, 3.63) is 29.3 Å². The minimum absolute atomic E-state index is 0.0280. The van der Waals surface area contributed by atoms with Crippen LogP contribution in [0.1, 0.15) is 37.3 Å². The number of nitrogens with one attached hydrogen (secondary N) is 2. The number of aryl methyl sites for hydroxylation is 1. The maximum Gasteiger partial charge on any atom is 0.238 e. The summed E-state index contributed by atoms with van der Waals surface area (Å²) < 4.78 is 0. The summed E-state index contributed by atoms with van der Waals surface area (Å²) in [6.45, 7) is 7.55. The van der Waals surface area contributed by atoms with E-state index in [1.807, 2.05) is 32.0 Å². The lowest BCUT2D eigenvalue weighted by Crippen LogP contribution is -2.29. The minimum Gasteiger partial charge on any atom is -0.325 e. The number of benzene rings is 1. The van der Waals surface area contributed by atoms with Crippen LogP contribution in [0.3, 0.4) is 0 Å². The van der Waals surface area contributed by atoms with Crippen LogP contribution in [0.4, 0.5) is 5.69 Å². The molecule has 0 atom stereocenters.